The van der Waals surface area contributed by atoms with Crippen molar-refractivity contribution >= 4 is 15.9 Å². The van der Waals surface area contributed by atoms with E-state index in [4.69, 9.17) is 4.74 Å². The summed E-state index contributed by atoms with van der Waals surface area (Å²) in [7, 11) is -2.27. The monoisotopic (exact) mass is 398 g/mol. The molecular weight excluding hydrogens is 378 g/mol. The van der Waals surface area contributed by atoms with E-state index in [9.17, 15) is 22.0 Å². The number of amides is 1. The fourth-order valence-corrected chi connectivity index (χ4v) is 3.35. The zero-order valence-electron chi connectivity index (χ0n) is 14.8. The summed E-state index contributed by atoms with van der Waals surface area (Å²) in [4.78, 5) is 12.0. The Kier molecular flexibility index (Phi) is 6.86. The first kappa shape index (κ1) is 20.8. The van der Waals surface area contributed by atoms with Gasteiger partial charge in [0.2, 0.25) is 15.9 Å². The van der Waals surface area contributed by atoms with Crippen molar-refractivity contribution in [1.82, 2.24) is 10.0 Å². The van der Waals surface area contributed by atoms with Crippen LogP contribution in [0.5, 0.6) is 5.75 Å². The number of rotatable bonds is 8. The second kappa shape index (κ2) is 8.92. The van der Waals surface area contributed by atoms with Gasteiger partial charge in [0, 0.05) is 13.0 Å². The first-order valence-corrected chi connectivity index (χ1v) is 9.59. The van der Waals surface area contributed by atoms with Gasteiger partial charge in [-0.3, -0.25) is 4.79 Å². The molecule has 2 aromatic carbocycles. The van der Waals surface area contributed by atoms with Gasteiger partial charge in [0.1, 0.15) is 5.75 Å². The third-order valence-corrected chi connectivity index (χ3v) is 5.31. The second-order valence-corrected chi connectivity index (χ2v) is 7.55. The molecule has 0 aliphatic heterocycles. The van der Waals surface area contributed by atoms with E-state index in [0.29, 0.717) is 11.3 Å². The first-order chi connectivity index (χ1) is 12.7. The van der Waals surface area contributed by atoms with Gasteiger partial charge in [-0.05, 0) is 48.9 Å². The molecule has 27 heavy (non-hydrogen) atoms. The minimum Gasteiger partial charge on any atom is -0.497 e. The largest absolute Gasteiger partial charge is 0.497 e. The molecule has 2 N–H and O–H groups in total. The van der Waals surface area contributed by atoms with Gasteiger partial charge in [0.25, 0.3) is 0 Å². The molecule has 2 rings (SSSR count). The number of nitrogens with one attached hydrogen (secondary N) is 2. The maximum Gasteiger partial charge on any atom is 0.240 e. The molecular formula is C18H20F2N2O4S. The number of hydrogen-bond donors (Lipinski definition) is 2. The minimum atomic E-state index is -3.75. The molecule has 0 aromatic heterocycles. The fraction of sp³-hybridized carbons (Fsp3) is 0.278. The van der Waals surface area contributed by atoms with Crippen molar-refractivity contribution in [1.29, 1.82) is 0 Å². The number of hydrogen-bond acceptors (Lipinski definition) is 4. The van der Waals surface area contributed by atoms with E-state index < -0.39 is 33.6 Å². The Morgan fingerprint density at radius 1 is 1.11 bits per heavy atom. The van der Waals surface area contributed by atoms with Crippen molar-refractivity contribution in [2.75, 3.05) is 13.7 Å². The maximum atomic E-state index is 13.2. The van der Waals surface area contributed by atoms with Gasteiger partial charge in [-0.15, -0.1) is 0 Å². The fourth-order valence-electron chi connectivity index (χ4n) is 2.32. The normalized spacial score (nSPS) is 12.4. The van der Waals surface area contributed by atoms with E-state index in [0.717, 1.165) is 12.1 Å². The molecule has 0 heterocycles. The van der Waals surface area contributed by atoms with Crippen LogP contribution in [0.1, 0.15) is 24.9 Å². The Bertz CT molecular complexity index is 902. The van der Waals surface area contributed by atoms with E-state index in [1.807, 2.05) is 0 Å². The van der Waals surface area contributed by atoms with Crippen LogP contribution in [-0.2, 0) is 14.8 Å². The lowest BCUT2D eigenvalue weighted by Crippen LogP contribution is -2.32. The van der Waals surface area contributed by atoms with Crippen molar-refractivity contribution in [3.8, 4) is 5.75 Å². The van der Waals surface area contributed by atoms with E-state index in [2.05, 4.69) is 10.0 Å². The van der Waals surface area contributed by atoms with Crippen molar-refractivity contribution in [3.63, 3.8) is 0 Å². The summed E-state index contributed by atoms with van der Waals surface area (Å²) < 4.78 is 57.8. The van der Waals surface area contributed by atoms with Gasteiger partial charge >= 0.3 is 0 Å². The Morgan fingerprint density at radius 3 is 2.37 bits per heavy atom. The van der Waals surface area contributed by atoms with Crippen LogP contribution in [0.3, 0.4) is 0 Å². The molecule has 0 aliphatic carbocycles. The molecule has 0 unspecified atom stereocenters. The summed E-state index contributed by atoms with van der Waals surface area (Å²) >= 11 is 0. The summed E-state index contributed by atoms with van der Waals surface area (Å²) in [5.74, 6) is -1.87. The predicted molar refractivity (Wildman–Crippen MR) is 95.7 cm³/mol. The molecule has 0 radical (unpaired) electrons. The Labute approximate surface area is 156 Å². The molecule has 9 heteroatoms. The Morgan fingerprint density at radius 2 is 1.78 bits per heavy atom. The summed E-state index contributed by atoms with van der Waals surface area (Å²) in [6.45, 7) is 1.51. The smallest absolute Gasteiger partial charge is 0.240 e. The van der Waals surface area contributed by atoms with Crippen molar-refractivity contribution in [3.05, 3.63) is 59.7 Å². The van der Waals surface area contributed by atoms with E-state index >= 15 is 0 Å². The third-order valence-electron chi connectivity index (χ3n) is 3.84. The molecule has 2 aromatic rings. The standard InChI is InChI=1S/C18H20F2N2O4S/c1-12(13-3-8-16(19)17(20)11-13)22-18(23)9-10-21-27(24,25)15-6-4-14(26-2)5-7-15/h3-8,11-12,21H,9-10H2,1-2H3,(H,22,23)/t12-/m0/s1. The Hall–Kier alpha value is -2.52. The van der Waals surface area contributed by atoms with Gasteiger partial charge in [-0.2, -0.15) is 0 Å². The van der Waals surface area contributed by atoms with Crippen LogP contribution in [0, 0.1) is 11.6 Å². The number of ether oxygens (including phenoxy) is 1. The highest BCUT2D eigenvalue weighted by molar-refractivity contribution is 7.89. The van der Waals surface area contributed by atoms with Crippen LogP contribution in [0.2, 0.25) is 0 Å². The SMILES string of the molecule is COc1ccc(S(=O)(=O)NCCC(=O)N[C@@H](C)c2ccc(F)c(F)c2)cc1. The van der Waals surface area contributed by atoms with Crippen molar-refractivity contribution in [2.24, 2.45) is 0 Å². The average Bonchev–Trinajstić information content (AvgIpc) is 2.63. The highest BCUT2D eigenvalue weighted by atomic mass is 32.2. The van der Waals surface area contributed by atoms with Gasteiger partial charge < -0.3 is 10.1 Å². The average molecular weight is 398 g/mol. The van der Waals surface area contributed by atoms with E-state index in [1.165, 1.54) is 37.4 Å². The second-order valence-electron chi connectivity index (χ2n) is 5.79. The van der Waals surface area contributed by atoms with Gasteiger partial charge in [0.05, 0.1) is 18.0 Å². The number of carbonyl (C=O) groups excluding carboxylic acids is 1. The van der Waals surface area contributed by atoms with Crippen LogP contribution in [0.25, 0.3) is 0 Å². The lowest BCUT2D eigenvalue weighted by molar-refractivity contribution is -0.121. The summed E-state index contributed by atoms with van der Waals surface area (Å²) in [5, 5.41) is 2.60. The van der Waals surface area contributed by atoms with E-state index in [1.54, 1.807) is 6.92 Å². The molecule has 0 saturated heterocycles. The molecule has 1 atom stereocenters. The maximum absolute atomic E-state index is 13.2. The highest BCUT2D eigenvalue weighted by Crippen LogP contribution is 2.17. The van der Waals surface area contributed by atoms with Gasteiger partial charge in [-0.1, -0.05) is 6.07 Å². The quantitative estimate of drug-likeness (QED) is 0.716. The molecule has 0 fully saturated rings. The number of halogens is 2. The molecule has 1 amide bonds. The molecule has 0 saturated carbocycles. The van der Waals surface area contributed by atoms with Crippen LogP contribution in [-0.4, -0.2) is 28.0 Å². The summed E-state index contributed by atoms with van der Waals surface area (Å²) in [6, 6.07) is 8.64. The van der Waals surface area contributed by atoms with Crippen molar-refractivity contribution in [2.45, 2.75) is 24.3 Å². The number of methoxy groups -OCH3 is 1. The van der Waals surface area contributed by atoms with Crippen LogP contribution >= 0.6 is 0 Å². The third kappa shape index (κ3) is 5.73. The molecule has 146 valence electrons. The zero-order chi connectivity index (χ0) is 20.0. The van der Waals surface area contributed by atoms with Gasteiger partial charge in [0.15, 0.2) is 11.6 Å². The molecule has 0 aliphatic rings. The number of benzene rings is 2. The molecule has 0 spiro atoms. The van der Waals surface area contributed by atoms with Crippen LogP contribution in [0.4, 0.5) is 8.78 Å². The lowest BCUT2D eigenvalue weighted by Gasteiger charge is -2.15. The summed E-state index contributed by atoms with van der Waals surface area (Å²) in [5.41, 5.74) is 0.404. The number of carbonyl (C=O) groups is 1. The van der Waals surface area contributed by atoms with Crippen LogP contribution < -0.4 is 14.8 Å². The number of sulfonamides is 1. The van der Waals surface area contributed by atoms with Crippen molar-refractivity contribution < 1.29 is 26.7 Å². The molecule has 6 nitrogen and oxygen atoms in total. The first-order valence-electron chi connectivity index (χ1n) is 8.11. The highest BCUT2D eigenvalue weighted by Gasteiger charge is 2.16. The van der Waals surface area contributed by atoms with Gasteiger partial charge in [-0.25, -0.2) is 21.9 Å². The zero-order valence-corrected chi connectivity index (χ0v) is 15.6. The minimum absolute atomic E-state index is 0.0545. The molecule has 0 bridgehead atoms. The topological polar surface area (TPSA) is 84.5 Å². The predicted octanol–water partition coefficient (Wildman–Crippen LogP) is 2.52. The Balaban J connectivity index is 1.86. The van der Waals surface area contributed by atoms with Crippen LogP contribution in [0.15, 0.2) is 47.4 Å². The van der Waals surface area contributed by atoms with E-state index in [-0.39, 0.29) is 17.9 Å². The summed E-state index contributed by atoms with van der Waals surface area (Å²) in [6.07, 6.45) is -0.108. The lowest BCUT2D eigenvalue weighted by atomic mass is 10.1.